The van der Waals surface area contributed by atoms with Crippen molar-refractivity contribution in [3.63, 3.8) is 0 Å². The molecule has 0 saturated heterocycles. The predicted molar refractivity (Wildman–Crippen MR) is 72.9 cm³/mol. The average Bonchev–Trinajstić information content (AvgIpc) is 2.39. The van der Waals surface area contributed by atoms with Crippen molar-refractivity contribution in [3.05, 3.63) is 18.3 Å². The highest BCUT2D eigenvalue weighted by Gasteiger charge is 2.40. The number of nitrogens with zero attached hydrogens (tertiary/aromatic N) is 2. The zero-order valence-electron chi connectivity index (χ0n) is 12.0. The van der Waals surface area contributed by atoms with Gasteiger partial charge in [-0.15, -0.1) is 0 Å². The summed E-state index contributed by atoms with van der Waals surface area (Å²) in [6, 6.07) is 2.55. The van der Waals surface area contributed by atoms with E-state index in [4.69, 9.17) is 4.74 Å². The Bertz CT molecular complexity index is 615. The van der Waals surface area contributed by atoms with Crippen LogP contribution in [0.4, 0.5) is 13.2 Å². The highest BCUT2D eigenvalue weighted by atomic mass is 32.2. The van der Waals surface area contributed by atoms with Crippen LogP contribution in [-0.2, 0) is 10.0 Å². The molecule has 1 aliphatic carbocycles. The summed E-state index contributed by atoms with van der Waals surface area (Å²) in [5.41, 5.74) is 0. The van der Waals surface area contributed by atoms with Crippen LogP contribution < -0.4 is 4.74 Å². The minimum Gasteiger partial charge on any atom is -0.480 e. The summed E-state index contributed by atoms with van der Waals surface area (Å²) in [6.07, 6.45) is -0.882. The molecule has 2 rings (SSSR count). The van der Waals surface area contributed by atoms with Crippen LogP contribution in [0.25, 0.3) is 0 Å². The maximum atomic E-state index is 12.8. The van der Waals surface area contributed by atoms with Gasteiger partial charge in [-0.25, -0.2) is 13.4 Å². The van der Waals surface area contributed by atoms with Crippen molar-refractivity contribution in [1.82, 2.24) is 9.29 Å². The largest absolute Gasteiger partial charge is 0.480 e. The Kier molecular flexibility index (Phi) is 4.96. The van der Waals surface area contributed by atoms with E-state index in [2.05, 4.69) is 4.98 Å². The molecule has 124 valence electrons. The number of aromatic nitrogens is 1. The maximum Gasteiger partial charge on any atom is 0.402 e. The number of alkyl halides is 3. The average molecular weight is 338 g/mol. The van der Waals surface area contributed by atoms with Gasteiger partial charge in [0.25, 0.3) is 0 Å². The van der Waals surface area contributed by atoms with E-state index in [1.807, 2.05) is 0 Å². The molecule has 1 saturated carbocycles. The van der Waals surface area contributed by atoms with Crippen molar-refractivity contribution in [2.24, 2.45) is 5.92 Å². The molecular formula is C13H17F3N2O3S. The van der Waals surface area contributed by atoms with Crippen LogP contribution in [-0.4, -0.2) is 44.1 Å². The van der Waals surface area contributed by atoms with E-state index in [0.29, 0.717) is 4.31 Å². The molecule has 0 spiro atoms. The predicted octanol–water partition coefficient (Wildman–Crippen LogP) is 2.44. The molecule has 22 heavy (non-hydrogen) atoms. The lowest BCUT2D eigenvalue weighted by Gasteiger charge is -2.32. The van der Waals surface area contributed by atoms with Gasteiger partial charge in [0.2, 0.25) is 15.9 Å². The van der Waals surface area contributed by atoms with Crippen molar-refractivity contribution < 1.29 is 26.3 Å². The Morgan fingerprint density at radius 1 is 1.41 bits per heavy atom. The second-order valence-electron chi connectivity index (χ2n) is 5.22. The number of hydrogen-bond acceptors (Lipinski definition) is 4. The molecule has 0 aliphatic heterocycles. The Morgan fingerprint density at radius 2 is 2.09 bits per heavy atom. The molecular weight excluding hydrogens is 321 g/mol. The molecule has 0 unspecified atom stereocenters. The summed E-state index contributed by atoms with van der Waals surface area (Å²) >= 11 is 0. The summed E-state index contributed by atoms with van der Waals surface area (Å²) in [7, 11) is -3.10. The molecule has 1 fully saturated rings. The number of methoxy groups -OCH3 is 1. The zero-order chi connectivity index (χ0) is 16.4. The lowest BCUT2D eigenvalue weighted by molar-refractivity contribution is -0.137. The van der Waals surface area contributed by atoms with E-state index < -0.39 is 22.7 Å². The van der Waals surface area contributed by atoms with Crippen molar-refractivity contribution in [2.75, 3.05) is 20.2 Å². The SMILES string of the molecule is COc1ncccc1S(=O)(=O)N(CC1CCC1)CC(F)(F)F. The molecule has 0 N–H and O–H groups in total. The molecule has 5 nitrogen and oxygen atoms in total. The summed E-state index contributed by atoms with van der Waals surface area (Å²) in [4.78, 5) is 3.40. The lowest BCUT2D eigenvalue weighted by Crippen LogP contribution is -2.43. The smallest absolute Gasteiger partial charge is 0.402 e. The molecule has 0 amide bonds. The first-order valence-corrected chi connectivity index (χ1v) is 8.24. The van der Waals surface area contributed by atoms with Crippen LogP contribution in [0.3, 0.4) is 0 Å². The number of rotatable bonds is 6. The fourth-order valence-electron chi connectivity index (χ4n) is 2.28. The molecule has 1 aromatic rings. The quantitative estimate of drug-likeness (QED) is 0.799. The molecule has 0 radical (unpaired) electrons. The van der Waals surface area contributed by atoms with E-state index in [1.165, 1.54) is 25.4 Å². The van der Waals surface area contributed by atoms with Gasteiger partial charge in [-0.2, -0.15) is 17.5 Å². The summed E-state index contributed by atoms with van der Waals surface area (Å²) in [6.45, 7) is -1.65. The third-order valence-corrected chi connectivity index (χ3v) is 5.41. The van der Waals surface area contributed by atoms with Gasteiger partial charge in [-0.3, -0.25) is 0 Å². The van der Waals surface area contributed by atoms with Crippen molar-refractivity contribution in [1.29, 1.82) is 0 Å². The van der Waals surface area contributed by atoms with E-state index in [9.17, 15) is 21.6 Å². The fraction of sp³-hybridized carbons (Fsp3) is 0.615. The number of pyridine rings is 1. The van der Waals surface area contributed by atoms with Gasteiger partial charge in [0, 0.05) is 12.7 Å². The lowest BCUT2D eigenvalue weighted by atomic mass is 9.85. The molecule has 0 bridgehead atoms. The van der Waals surface area contributed by atoms with E-state index in [1.54, 1.807) is 0 Å². The maximum absolute atomic E-state index is 12.8. The van der Waals surface area contributed by atoms with Gasteiger partial charge in [-0.05, 0) is 30.9 Å². The minimum absolute atomic E-state index is 0.0280. The van der Waals surface area contributed by atoms with Gasteiger partial charge in [-0.1, -0.05) is 6.42 Å². The van der Waals surface area contributed by atoms with Crippen molar-refractivity contribution >= 4 is 10.0 Å². The third-order valence-electron chi connectivity index (χ3n) is 3.59. The monoisotopic (exact) mass is 338 g/mol. The Hall–Kier alpha value is -1.35. The highest BCUT2D eigenvalue weighted by molar-refractivity contribution is 7.89. The molecule has 1 aliphatic rings. The Labute approximate surface area is 127 Å². The van der Waals surface area contributed by atoms with Crippen LogP contribution in [0.5, 0.6) is 5.88 Å². The van der Waals surface area contributed by atoms with Crippen LogP contribution in [0.2, 0.25) is 0 Å². The van der Waals surface area contributed by atoms with Crippen LogP contribution in [0.15, 0.2) is 23.2 Å². The van der Waals surface area contributed by atoms with E-state index in [-0.39, 0.29) is 23.2 Å². The van der Waals surface area contributed by atoms with Crippen molar-refractivity contribution in [3.8, 4) is 5.88 Å². The minimum atomic E-state index is -4.60. The van der Waals surface area contributed by atoms with Crippen LogP contribution in [0, 0.1) is 5.92 Å². The van der Waals surface area contributed by atoms with Gasteiger partial charge >= 0.3 is 6.18 Å². The fourth-order valence-corrected chi connectivity index (χ4v) is 3.88. The normalized spacial score (nSPS) is 16.6. The molecule has 0 aromatic carbocycles. The second-order valence-corrected chi connectivity index (χ2v) is 7.13. The zero-order valence-corrected chi connectivity index (χ0v) is 12.8. The highest BCUT2D eigenvalue weighted by Crippen LogP contribution is 2.32. The molecule has 9 heteroatoms. The Balaban J connectivity index is 2.34. The van der Waals surface area contributed by atoms with Crippen molar-refractivity contribution in [2.45, 2.75) is 30.3 Å². The first-order chi connectivity index (χ1) is 10.2. The Morgan fingerprint density at radius 3 is 2.59 bits per heavy atom. The molecule has 0 atom stereocenters. The van der Waals surface area contributed by atoms with Gasteiger partial charge in [0.15, 0.2) is 0 Å². The third kappa shape index (κ3) is 3.89. The topological polar surface area (TPSA) is 59.5 Å². The molecule has 1 heterocycles. The first-order valence-electron chi connectivity index (χ1n) is 6.80. The standard InChI is InChI=1S/C13H17F3N2O3S/c1-21-12-11(6-3-7-17-12)22(19,20)18(9-13(14,15)16)8-10-4-2-5-10/h3,6-7,10H,2,4-5,8-9H2,1H3. The summed E-state index contributed by atoms with van der Waals surface area (Å²) in [5, 5.41) is 0. The van der Waals surface area contributed by atoms with E-state index >= 15 is 0 Å². The van der Waals surface area contributed by atoms with Gasteiger partial charge < -0.3 is 4.74 Å². The number of sulfonamides is 1. The summed E-state index contributed by atoms with van der Waals surface area (Å²) < 4.78 is 68.7. The first kappa shape index (κ1) is 17.0. The van der Waals surface area contributed by atoms with Gasteiger partial charge in [0.1, 0.15) is 11.4 Å². The number of hydrogen-bond donors (Lipinski definition) is 0. The van der Waals surface area contributed by atoms with Gasteiger partial charge in [0.05, 0.1) is 7.11 Å². The van der Waals surface area contributed by atoms with Crippen LogP contribution >= 0.6 is 0 Å². The number of halogens is 3. The molecule has 1 aromatic heterocycles. The number of ether oxygens (including phenoxy) is 1. The van der Waals surface area contributed by atoms with E-state index in [0.717, 1.165) is 19.3 Å². The van der Waals surface area contributed by atoms with Crippen LogP contribution in [0.1, 0.15) is 19.3 Å². The summed E-state index contributed by atoms with van der Waals surface area (Å²) in [5.74, 6) is -0.233. The second kappa shape index (κ2) is 6.41.